The molecule has 23 heavy (non-hydrogen) atoms. The lowest BCUT2D eigenvalue weighted by Gasteiger charge is -2.25. The van der Waals surface area contributed by atoms with Gasteiger partial charge in [0.2, 0.25) is 0 Å². The zero-order valence-corrected chi connectivity index (χ0v) is 11.8. The van der Waals surface area contributed by atoms with Crippen molar-refractivity contribution < 1.29 is 27.5 Å². The van der Waals surface area contributed by atoms with Gasteiger partial charge in [-0.3, -0.25) is 4.79 Å². The molecule has 2 aliphatic rings. The Morgan fingerprint density at radius 1 is 0.913 bits per heavy atom. The SMILES string of the molecule is CC(=O)C1(O)C2c3ccccc3C1c1c(F)c(F)c(F)c(F)c12. The third kappa shape index (κ3) is 1.40. The van der Waals surface area contributed by atoms with E-state index < -0.39 is 57.6 Å². The number of Topliss-reactive ketones (excluding diaryl/α,β-unsaturated/α-hetero) is 1. The molecule has 0 saturated heterocycles. The molecule has 6 heteroatoms. The summed E-state index contributed by atoms with van der Waals surface area (Å²) in [4.78, 5) is 12.1. The molecule has 0 amide bonds. The summed E-state index contributed by atoms with van der Waals surface area (Å²) >= 11 is 0. The molecular weight excluding hydrogens is 312 g/mol. The summed E-state index contributed by atoms with van der Waals surface area (Å²) in [6.07, 6.45) is 0. The van der Waals surface area contributed by atoms with E-state index in [-0.39, 0.29) is 0 Å². The molecule has 2 bridgehead atoms. The van der Waals surface area contributed by atoms with Gasteiger partial charge in [-0.2, -0.15) is 0 Å². The minimum absolute atomic E-state index is 0.423. The van der Waals surface area contributed by atoms with Crippen molar-refractivity contribution in [3.8, 4) is 0 Å². The van der Waals surface area contributed by atoms with Crippen LogP contribution in [0, 0.1) is 23.3 Å². The highest BCUT2D eigenvalue weighted by Gasteiger charge is 2.64. The first-order valence-electron chi connectivity index (χ1n) is 6.99. The van der Waals surface area contributed by atoms with Gasteiger partial charge < -0.3 is 5.11 Å². The Morgan fingerprint density at radius 2 is 1.30 bits per heavy atom. The first-order chi connectivity index (χ1) is 10.8. The van der Waals surface area contributed by atoms with E-state index in [2.05, 4.69) is 0 Å². The van der Waals surface area contributed by atoms with Crippen LogP contribution >= 0.6 is 0 Å². The van der Waals surface area contributed by atoms with Crippen LogP contribution in [0.15, 0.2) is 24.3 Å². The smallest absolute Gasteiger partial charge is 0.197 e. The molecule has 2 atom stereocenters. The first kappa shape index (κ1) is 14.4. The van der Waals surface area contributed by atoms with Gasteiger partial charge in [0.15, 0.2) is 29.1 Å². The summed E-state index contributed by atoms with van der Waals surface area (Å²) in [5.41, 5.74) is -2.24. The summed E-state index contributed by atoms with van der Waals surface area (Å²) in [5, 5.41) is 10.9. The Balaban J connectivity index is 2.16. The van der Waals surface area contributed by atoms with Crippen molar-refractivity contribution in [2.75, 3.05) is 0 Å². The Kier molecular flexibility index (Phi) is 2.63. The van der Waals surface area contributed by atoms with Gasteiger partial charge in [0.05, 0.1) is 0 Å². The lowest BCUT2D eigenvalue weighted by molar-refractivity contribution is -0.135. The molecule has 0 saturated carbocycles. The van der Waals surface area contributed by atoms with Crippen molar-refractivity contribution in [2.24, 2.45) is 0 Å². The molecule has 0 radical (unpaired) electrons. The van der Waals surface area contributed by atoms with E-state index in [0.29, 0.717) is 11.1 Å². The van der Waals surface area contributed by atoms with Crippen LogP contribution in [0.2, 0.25) is 0 Å². The van der Waals surface area contributed by atoms with Gasteiger partial charge in [-0.1, -0.05) is 24.3 Å². The van der Waals surface area contributed by atoms with Crippen molar-refractivity contribution in [3.63, 3.8) is 0 Å². The molecular formula is C17H10F4O2. The summed E-state index contributed by atoms with van der Waals surface area (Å²) in [5.74, 6) is -10.2. The largest absolute Gasteiger partial charge is 0.380 e. The average molecular weight is 322 g/mol. The summed E-state index contributed by atoms with van der Waals surface area (Å²) < 4.78 is 55.9. The van der Waals surface area contributed by atoms with Crippen molar-refractivity contribution in [1.82, 2.24) is 0 Å². The van der Waals surface area contributed by atoms with Crippen molar-refractivity contribution in [2.45, 2.75) is 24.4 Å². The predicted octanol–water partition coefficient (Wildman–Crippen LogP) is 3.15. The number of benzene rings is 2. The van der Waals surface area contributed by atoms with Gasteiger partial charge in [0.25, 0.3) is 0 Å². The lowest BCUT2D eigenvalue weighted by atomic mass is 9.83. The Labute approximate surface area is 128 Å². The van der Waals surface area contributed by atoms with Gasteiger partial charge in [-0.25, -0.2) is 17.6 Å². The van der Waals surface area contributed by atoms with Crippen LogP contribution in [0.25, 0.3) is 0 Å². The second-order valence-corrected chi connectivity index (χ2v) is 5.96. The van der Waals surface area contributed by atoms with Gasteiger partial charge >= 0.3 is 0 Å². The minimum atomic E-state index is -2.14. The summed E-state index contributed by atoms with van der Waals surface area (Å²) in [6, 6.07) is 6.37. The monoisotopic (exact) mass is 322 g/mol. The van der Waals surface area contributed by atoms with Crippen molar-refractivity contribution in [3.05, 3.63) is 69.8 Å². The second kappa shape index (κ2) is 4.20. The maximum absolute atomic E-state index is 14.3. The molecule has 0 fully saturated rings. The van der Waals surface area contributed by atoms with E-state index in [1.807, 2.05) is 0 Å². The van der Waals surface area contributed by atoms with Crippen LogP contribution < -0.4 is 0 Å². The van der Waals surface area contributed by atoms with Crippen LogP contribution in [0.3, 0.4) is 0 Å². The molecule has 118 valence electrons. The number of hydrogen-bond acceptors (Lipinski definition) is 2. The second-order valence-electron chi connectivity index (χ2n) is 5.96. The highest BCUT2D eigenvalue weighted by Crippen LogP contribution is 2.63. The molecule has 0 spiro atoms. The Hall–Kier alpha value is -2.21. The van der Waals surface area contributed by atoms with Gasteiger partial charge in [0, 0.05) is 23.0 Å². The number of carbonyl (C=O) groups is 1. The molecule has 2 aromatic carbocycles. The number of halogens is 4. The molecule has 0 heterocycles. The van der Waals surface area contributed by atoms with E-state index in [9.17, 15) is 27.5 Å². The fourth-order valence-electron chi connectivity index (χ4n) is 4.07. The predicted molar refractivity (Wildman–Crippen MR) is 72.0 cm³/mol. The molecule has 2 nitrogen and oxygen atoms in total. The maximum atomic E-state index is 14.3. The van der Waals surface area contributed by atoms with Crippen LogP contribution in [-0.2, 0) is 4.79 Å². The maximum Gasteiger partial charge on any atom is 0.197 e. The zero-order valence-electron chi connectivity index (χ0n) is 11.8. The normalized spacial score (nSPS) is 27.0. The molecule has 2 aromatic rings. The highest BCUT2D eigenvalue weighted by molar-refractivity contribution is 5.93. The lowest BCUT2D eigenvalue weighted by Crippen LogP contribution is -2.41. The molecule has 1 N–H and O–H groups in total. The molecule has 0 aliphatic heterocycles. The third-order valence-corrected chi connectivity index (χ3v) is 4.98. The highest BCUT2D eigenvalue weighted by atomic mass is 19.2. The zero-order chi connectivity index (χ0) is 16.7. The van der Waals surface area contributed by atoms with E-state index in [0.717, 1.165) is 6.92 Å². The van der Waals surface area contributed by atoms with E-state index in [1.165, 1.54) is 0 Å². The van der Waals surface area contributed by atoms with E-state index in [1.54, 1.807) is 24.3 Å². The number of rotatable bonds is 1. The minimum Gasteiger partial charge on any atom is -0.380 e. The van der Waals surface area contributed by atoms with Gasteiger partial charge in [-0.15, -0.1) is 0 Å². The van der Waals surface area contributed by atoms with Crippen LogP contribution in [0.1, 0.15) is 41.0 Å². The van der Waals surface area contributed by atoms with Crippen LogP contribution in [-0.4, -0.2) is 16.5 Å². The van der Waals surface area contributed by atoms with Crippen molar-refractivity contribution in [1.29, 1.82) is 0 Å². The number of ketones is 1. The van der Waals surface area contributed by atoms with Gasteiger partial charge in [-0.05, 0) is 18.1 Å². The van der Waals surface area contributed by atoms with Crippen LogP contribution in [0.4, 0.5) is 17.6 Å². The molecule has 2 aliphatic carbocycles. The van der Waals surface area contributed by atoms with Gasteiger partial charge in [0.1, 0.15) is 5.60 Å². The quantitative estimate of drug-likeness (QED) is 0.497. The fourth-order valence-corrected chi connectivity index (χ4v) is 4.07. The number of fused-ring (bicyclic) bond motifs is 8. The standard InChI is InChI=1S/C17H10F4O2/c1-6(22)17(23)11-7-4-2-3-5-8(7)12(17)10-9(11)13(18)15(20)16(21)14(10)19/h2-5,11-12,23H,1H3. The molecule has 4 rings (SSSR count). The van der Waals surface area contributed by atoms with Crippen LogP contribution in [0.5, 0.6) is 0 Å². The Bertz CT molecular complexity index is 829. The third-order valence-electron chi connectivity index (χ3n) is 4.98. The fraction of sp³-hybridized carbons (Fsp3) is 0.235. The number of aliphatic hydroxyl groups is 1. The van der Waals surface area contributed by atoms with E-state index >= 15 is 0 Å². The average Bonchev–Trinajstić information content (AvgIpc) is 2.96. The number of hydrogen-bond donors (Lipinski definition) is 1. The molecule has 2 unspecified atom stereocenters. The topological polar surface area (TPSA) is 37.3 Å². The summed E-state index contributed by atoms with van der Waals surface area (Å²) in [7, 11) is 0. The van der Waals surface area contributed by atoms with E-state index in [4.69, 9.17) is 0 Å². The Morgan fingerprint density at radius 3 is 1.65 bits per heavy atom. The number of carbonyl (C=O) groups excluding carboxylic acids is 1. The first-order valence-corrected chi connectivity index (χ1v) is 6.99. The van der Waals surface area contributed by atoms with Crippen molar-refractivity contribution >= 4 is 5.78 Å². The summed E-state index contributed by atoms with van der Waals surface area (Å²) in [6.45, 7) is 1.10. The molecule has 0 aromatic heterocycles.